The lowest BCUT2D eigenvalue weighted by atomic mass is 9.96. The van der Waals surface area contributed by atoms with Crippen LogP contribution < -0.4 is 4.74 Å². The predicted molar refractivity (Wildman–Crippen MR) is 143 cm³/mol. The fourth-order valence-electron chi connectivity index (χ4n) is 4.40. The molecular weight excluding hydrogens is 420 g/mol. The number of aryl methyl sites for hydroxylation is 2. The summed E-state index contributed by atoms with van der Waals surface area (Å²) in [5, 5.41) is 0. The maximum atomic E-state index is 12.3. The van der Waals surface area contributed by atoms with Gasteiger partial charge in [0.15, 0.2) is 0 Å². The predicted octanol–water partition coefficient (Wildman–Crippen LogP) is 9.25. The zero-order valence-electron chi connectivity index (χ0n) is 21.7. The van der Waals surface area contributed by atoms with Crippen LogP contribution in [0.3, 0.4) is 0 Å². The third-order valence-corrected chi connectivity index (χ3v) is 6.43. The molecule has 0 aromatic heterocycles. The molecule has 0 fully saturated rings. The Morgan fingerprint density at radius 3 is 2.03 bits per heavy atom. The molecule has 0 radical (unpaired) electrons. The van der Waals surface area contributed by atoms with Crippen LogP contribution in [0.1, 0.15) is 108 Å². The first-order chi connectivity index (χ1) is 16.7. The lowest BCUT2D eigenvalue weighted by molar-refractivity contribution is 0.0969. The summed E-state index contributed by atoms with van der Waals surface area (Å²) in [6.45, 7) is 4.88. The molecule has 0 bridgehead atoms. The van der Waals surface area contributed by atoms with Gasteiger partial charge in [0.1, 0.15) is 5.75 Å². The van der Waals surface area contributed by atoms with E-state index in [-0.39, 0.29) is 0 Å². The van der Waals surface area contributed by atoms with Crippen molar-refractivity contribution in [1.29, 1.82) is 0 Å². The van der Waals surface area contributed by atoms with Gasteiger partial charge in [-0.15, -0.1) is 0 Å². The van der Waals surface area contributed by atoms with Gasteiger partial charge in [0, 0.05) is 0 Å². The monoisotopic (exact) mass is 466 g/mol. The lowest BCUT2D eigenvalue weighted by Crippen LogP contribution is -2.13. The van der Waals surface area contributed by atoms with Crippen LogP contribution in [0.15, 0.2) is 48.5 Å². The average molecular weight is 467 g/mol. The Morgan fingerprint density at radius 2 is 1.29 bits per heavy atom. The minimum Gasteiger partial charge on any atom is -0.434 e. The fourth-order valence-corrected chi connectivity index (χ4v) is 4.40. The van der Waals surface area contributed by atoms with E-state index in [1.807, 2.05) is 12.1 Å². The van der Waals surface area contributed by atoms with Gasteiger partial charge in [-0.25, -0.2) is 4.79 Å². The Labute approximate surface area is 208 Å². The lowest BCUT2D eigenvalue weighted by Gasteiger charge is -2.15. The van der Waals surface area contributed by atoms with E-state index in [4.69, 9.17) is 9.47 Å². The van der Waals surface area contributed by atoms with Crippen molar-refractivity contribution >= 4 is 6.16 Å². The Kier molecular flexibility index (Phi) is 14.9. The maximum absolute atomic E-state index is 12.3. The molecule has 2 aromatic carbocycles. The van der Waals surface area contributed by atoms with Gasteiger partial charge in [-0.2, -0.15) is 0 Å². The quantitative estimate of drug-likeness (QED) is 0.125. The van der Waals surface area contributed by atoms with E-state index in [0.717, 1.165) is 38.5 Å². The van der Waals surface area contributed by atoms with Gasteiger partial charge in [-0.3, -0.25) is 0 Å². The second-order valence-corrected chi connectivity index (χ2v) is 9.37. The summed E-state index contributed by atoms with van der Waals surface area (Å²) in [5.74, 6) is 0.688. The Bertz CT molecular complexity index is 785. The van der Waals surface area contributed by atoms with Crippen molar-refractivity contribution in [2.45, 2.75) is 110 Å². The average Bonchev–Trinajstić information content (AvgIpc) is 2.85. The SMILES string of the molecule is CCCCCc1cccc(OC(=O)OCCCCCCCCc2ccccc2)c1CCCCC. The summed E-state index contributed by atoms with van der Waals surface area (Å²) in [7, 11) is 0. The highest BCUT2D eigenvalue weighted by molar-refractivity contribution is 5.65. The smallest absolute Gasteiger partial charge is 0.434 e. The van der Waals surface area contributed by atoms with Crippen LogP contribution in [-0.2, 0) is 24.0 Å². The molecule has 0 saturated carbocycles. The van der Waals surface area contributed by atoms with E-state index in [0.29, 0.717) is 12.4 Å². The Hall–Kier alpha value is -2.29. The Balaban J connectivity index is 1.66. The molecular formula is C31H46O3. The number of benzene rings is 2. The number of carbonyl (C=O) groups excluding carboxylic acids is 1. The summed E-state index contributed by atoms with van der Waals surface area (Å²) >= 11 is 0. The highest BCUT2D eigenvalue weighted by Crippen LogP contribution is 2.27. The number of carbonyl (C=O) groups is 1. The van der Waals surface area contributed by atoms with E-state index >= 15 is 0 Å². The number of ether oxygens (including phenoxy) is 2. The molecule has 0 heterocycles. The molecule has 0 aliphatic carbocycles. The summed E-state index contributed by atoms with van der Waals surface area (Å²) in [5.41, 5.74) is 3.94. The molecule has 0 aliphatic rings. The minimum absolute atomic E-state index is 0.435. The summed E-state index contributed by atoms with van der Waals surface area (Å²) in [6.07, 6.45) is 16.6. The van der Waals surface area contributed by atoms with Gasteiger partial charge in [0.25, 0.3) is 0 Å². The highest BCUT2D eigenvalue weighted by Gasteiger charge is 2.14. The molecule has 34 heavy (non-hydrogen) atoms. The van der Waals surface area contributed by atoms with Crippen molar-refractivity contribution in [3.63, 3.8) is 0 Å². The summed E-state index contributed by atoms with van der Waals surface area (Å²) < 4.78 is 11.1. The molecule has 188 valence electrons. The molecule has 0 unspecified atom stereocenters. The highest BCUT2D eigenvalue weighted by atomic mass is 16.7. The normalized spacial score (nSPS) is 10.9. The van der Waals surface area contributed by atoms with E-state index in [1.165, 1.54) is 74.5 Å². The number of hydrogen-bond donors (Lipinski definition) is 0. The summed E-state index contributed by atoms with van der Waals surface area (Å²) in [4.78, 5) is 12.3. The first kappa shape index (κ1) is 28.0. The largest absolute Gasteiger partial charge is 0.513 e. The van der Waals surface area contributed by atoms with E-state index in [2.05, 4.69) is 50.2 Å². The summed E-state index contributed by atoms with van der Waals surface area (Å²) in [6, 6.07) is 16.8. The first-order valence-corrected chi connectivity index (χ1v) is 13.7. The third-order valence-electron chi connectivity index (χ3n) is 6.43. The molecule has 3 nitrogen and oxygen atoms in total. The standard InChI is InChI=1S/C31H46O3/c1-3-5-12-22-28-23-18-25-30(29(28)24-13-6-4-2)34-31(32)33-26-17-10-8-7-9-14-19-27-20-15-11-16-21-27/h11,15-16,18,20-21,23,25H,3-10,12-14,17,19,22,24,26H2,1-2H3. The molecule has 2 rings (SSSR count). The van der Waals surface area contributed by atoms with Crippen molar-refractivity contribution < 1.29 is 14.3 Å². The number of rotatable bonds is 18. The molecule has 0 N–H and O–H groups in total. The van der Waals surface area contributed by atoms with Gasteiger partial charge >= 0.3 is 6.16 Å². The Morgan fingerprint density at radius 1 is 0.647 bits per heavy atom. The van der Waals surface area contributed by atoms with E-state index in [9.17, 15) is 4.79 Å². The fraction of sp³-hybridized carbons (Fsp3) is 0.581. The topological polar surface area (TPSA) is 35.5 Å². The molecule has 0 amide bonds. The van der Waals surface area contributed by atoms with Crippen LogP contribution in [0, 0.1) is 0 Å². The van der Waals surface area contributed by atoms with Gasteiger partial charge in [-0.05, 0) is 67.7 Å². The molecule has 3 heteroatoms. The van der Waals surface area contributed by atoms with E-state index in [1.54, 1.807) is 0 Å². The van der Waals surface area contributed by atoms with Crippen LogP contribution >= 0.6 is 0 Å². The molecule has 2 aromatic rings. The van der Waals surface area contributed by atoms with Crippen molar-refractivity contribution in [2.75, 3.05) is 6.61 Å². The van der Waals surface area contributed by atoms with Crippen molar-refractivity contribution in [3.8, 4) is 5.75 Å². The molecule has 0 aliphatic heterocycles. The van der Waals surface area contributed by atoms with Gasteiger partial charge in [0.05, 0.1) is 6.61 Å². The third kappa shape index (κ3) is 11.7. The van der Waals surface area contributed by atoms with Crippen molar-refractivity contribution in [2.24, 2.45) is 0 Å². The zero-order valence-corrected chi connectivity index (χ0v) is 21.7. The van der Waals surface area contributed by atoms with Crippen LogP contribution in [0.5, 0.6) is 5.75 Å². The zero-order chi connectivity index (χ0) is 24.3. The van der Waals surface area contributed by atoms with Crippen LogP contribution in [0.4, 0.5) is 4.79 Å². The van der Waals surface area contributed by atoms with Gasteiger partial charge in [-0.1, -0.05) is 108 Å². The van der Waals surface area contributed by atoms with E-state index < -0.39 is 6.16 Å². The maximum Gasteiger partial charge on any atom is 0.513 e. The second-order valence-electron chi connectivity index (χ2n) is 9.37. The molecule has 0 saturated heterocycles. The van der Waals surface area contributed by atoms with Crippen LogP contribution in [0.2, 0.25) is 0 Å². The molecule has 0 atom stereocenters. The molecule has 0 spiro atoms. The van der Waals surface area contributed by atoms with Crippen molar-refractivity contribution in [3.05, 3.63) is 65.2 Å². The second kappa shape index (κ2) is 18.1. The van der Waals surface area contributed by atoms with Gasteiger partial charge < -0.3 is 9.47 Å². The first-order valence-electron chi connectivity index (χ1n) is 13.7. The van der Waals surface area contributed by atoms with Gasteiger partial charge in [0.2, 0.25) is 0 Å². The number of unbranched alkanes of at least 4 members (excludes halogenated alkanes) is 9. The van der Waals surface area contributed by atoms with Crippen molar-refractivity contribution in [1.82, 2.24) is 0 Å². The minimum atomic E-state index is -0.565. The van der Waals surface area contributed by atoms with Crippen LogP contribution in [-0.4, -0.2) is 12.8 Å². The number of hydrogen-bond acceptors (Lipinski definition) is 3. The van der Waals surface area contributed by atoms with Crippen LogP contribution in [0.25, 0.3) is 0 Å².